The second-order valence-electron chi connectivity index (χ2n) is 5.91. The van der Waals surface area contributed by atoms with Gasteiger partial charge in [0.15, 0.2) is 0 Å². The summed E-state index contributed by atoms with van der Waals surface area (Å²) < 4.78 is 0. The van der Waals surface area contributed by atoms with Crippen LogP contribution in [-0.2, 0) is 0 Å². The maximum Gasteiger partial charge on any atom is 0.0323 e. The van der Waals surface area contributed by atoms with Crippen molar-refractivity contribution < 1.29 is 0 Å². The van der Waals surface area contributed by atoms with Gasteiger partial charge in [0.25, 0.3) is 0 Å². The van der Waals surface area contributed by atoms with Crippen LogP contribution in [0.3, 0.4) is 0 Å². The van der Waals surface area contributed by atoms with Gasteiger partial charge in [-0.3, -0.25) is 0 Å². The summed E-state index contributed by atoms with van der Waals surface area (Å²) in [6, 6.07) is 19.5. The van der Waals surface area contributed by atoms with Crippen molar-refractivity contribution in [3.8, 4) is 11.1 Å². The van der Waals surface area contributed by atoms with E-state index >= 15 is 0 Å². The molecule has 2 heteroatoms. The molecule has 0 heterocycles. The highest BCUT2D eigenvalue weighted by molar-refractivity contribution is 5.85. The van der Waals surface area contributed by atoms with Gasteiger partial charge in [-0.25, -0.2) is 0 Å². The molecule has 2 aromatic rings. The van der Waals surface area contributed by atoms with Crippen molar-refractivity contribution in [3.63, 3.8) is 0 Å². The Bertz CT molecular complexity index is 529. The van der Waals surface area contributed by atoms with E-state index < -0.39 is 0 Å². The molecule has 1 atom stereocenters. The first kappa shape index (κ1) is 16.1. The molecule has 1 nitrogen and oxygen atoms in total. The Hall–Kier alpha value is -1.31. The van der Waals surface area contributed by atoms with E-state index in [0.29, 0.717) is 5.92 Å². The van der Waals surface area contributed by atoms with Gasteiger partial charge in [-0.15, -0.1) is 12.4 Å². The molecule has 0 saturated heterocycles. The van der Waals surface area contributed by atoms with Gasteiger partial charge in [-0.05, 0) is 35.4 Å². The molecular weight excluding hydrogens is 278 g/mol. The Labute approximate surface area is 134 Å². The molecule has 0 unspecified atom stereocenters. The second-order valence-corrected chi connectivity index (χ2v) is 5.91. The van der Waals surface area contributed by atoms with Crippen molar-refractivity contribution in [2.45, 2.75) is 38.1 Å². The van der Waals surface area contributed by atoms with Crippen LogP contribution in [-0.4, -0.2) is 0 Å². The summed E-state index contributed by atoms with van der Waals surface area (Å²) in [5.74, 6) is 0.673. The molecule has 0 aromatic heterocycles. The van der Waals surface area contributed by atoms with E-state index in [1.807, 2.05) is 0 Å². The van der Waals surface area contributed by atoms with Crippen LogP contribution in [0.25, 0.3) is 11.1 Å². The third-order valence-corrected chi connectivity index (χ3v) is 4.56. The summed E-state index contributed by atoms with van der Waals surface area (Å²) in [7, 11) is 0. The molecule has 0 spiro atoms. The Morgan fingerprint density at radius 1 is 0.762 bits per heavy atom. The van der Waals surface area contributed by atoms with Crippen LogP contribution in [0.4, 0.5) is 0 Å². The van der Waals surface area contributed by atoms with Crippen LogP contribution in [0.2, 0.25) is 0 Å². The van der Waals surface area contributed by atoms with Crippen LogP contribution in [0.5, 0.6) is 0 Å². The molecule has 112 valence electrons. The second kappa shape index (κ2) is 7.63. The number of nitrogens with two attached hydrogens (primary N) is 1. The molecule has 1 aliphatic rings. The molecule has 2 N–H and O–H groups in total. The smallest absolute Gasteiger partial charge is 0.0323 e. The molecule has 0 aliphatic heterocycles. The predicted octanol–water partition coefficient (Wildman–Crippen LogP) is 5.36. The quantitative estimate of drug-likeness (QED) is 0.812. The molecule has 0 bridgehead atoms. The van der Waals surface area contributed by atoms with E-state index in [4.69, 9.17) is 5.73 Å². The van der Waals surface area contributed by atoms with Crippen molar-refractivity contribution in [2.75, 3.05) is 0 Å². The van der Waals surface area contributed by atoms with Gasteiger partial charge in [0.2, 0.25) is 0 Å². The van der Waals surface area contributed by atoms with Crippen LogP contribution in [0.1, 0.15) is 43.7 Å². The number of rotatable bonds is 3. The van der Waals surface area contributed by atoms with Gasteiger partial charge in [0, 0.05) is 6.04 Å². The first-order valence-electron chi connectivity index (χ1n) is 7.75. The molecule has 2 aromatic carbocycles. The third-order valence-electron chi connectivity index (χ3n) is 4.56. The van der Waals surface area contributed by atoms with E-state index in [1.165, 1.54) is 48.8 Å². The number of benzene rings is 2. The molecule has 1 saturated carbocycles. The highest BCUT2D eigenvalue weighted by Gasteiger charge is 2.21. The van der Waals surface area contributed by atoms with Crippen molar-refractivity contribution in [2.24, 2.45) is 11.7 Å². The Morgan fingerprint density at radius 3 is 1.95 bits per heavy atom. The largest absolute Gasteiger partial charge is 0.324 e. The Balaban J connectivity index is 0.00000161. The van der Waals surface area contributed by atoms with Crippen LogP contribution < -0.4 is 5.73 Å². The minimum atomic E-state index is 0. The highest BCUT2D eigenvalue weighted by atomic mass is 35.5. The van der Waals surface area contributed by atoms with Crippen LogP contribution >= 0.6 is 12.4 Å². The topological polar surface area (TPSA) is 26.0 Å². The monoisotopic (exact) mass is 301 g/mol. The SMILES string of the molecule is Cl.N[C@@H](c1ccc(-c2ccccc2)cc1)C1CCCCC1. The van der Waals surface area contributed by atoms with Gasteiger partial charge < -0.3 is 5.73 Å². The van der Waals surface area contributed by atoms with Crippen LogP contribution in [0, 0.1) is 5.92 Å². The predicted molar refractivity (Wildman–Crippen MR) is 92.6 cm³/mol. The van der Waals surface area contributed by atoms with E-state index in [2.05, 4.69) is 54.6 Å². The van der Waals surface area contributed by atoms with Crippen molar-refractivity contribution in [1.82, 2.24) is 0 Å². The summed E-state index contributed by atoms with van der Waals surface area (Å²) in [4.78, 5) is 0. The summed E-state index contributed by atoms with van der Waals surface area (Å²) in [6.45, 7) is 0. The molecule has 0 radical (unpaired) electrons. The van der Waals surface area contributed by atoms with Gasteiger partial charge in [-0.2, -0.15) is 0 Å². The first-order chi connectivity index (χ1) is 9.84. The maximum absolute atomic E-state index is 6.46. The van der Waals surface area contributed by atoms with E-state index in [-0.39, 0.29) is 18.4 Å². The van der Waals surface area contributed by atoms with Gasteiger partial charge in [0.05, 0.1) is 0 Å². The number of hydrogen-bond acceptors (Lipinski definition) is 1. The molecule has 1 fully saturated rings. The average Bonchev–Trinajstić information content (AvgIpc) is 2.56. The van der Waals surface area contributed by atoms with Gasteiger partial charge in [0.1, 0.15) is 0 Å². The summed E-state index contributed by atoms with van der Waals surface area (Å²) in [5.41, 5.74) is 10.3. The van der Waals surface area contributed by atoms with Gasteiger partial charge >= 0.3 is 0 Å². The van der Waals surface area contributed by atoms with E-state index in [9.17, 15) is 0 Å². The minimum absolute atomic E-state index is 0. The highest BCUT2D eigenvalue weighted by Crippen LogP contribution is 2.33. The standard InChI is InChI=1S/C19H23N.ClH/c20-19(17-9-5-2-6-10-17)18-13-11-16(12-14-18)15-7-3-1-4-8-15;/h1,3-4,7-8,11-14,17,19H,2,5-6,9-10,20H2;1H/t19-;/m1./s1. The fourth-order valence-corrected chi connectivity index (χ4v) is 3.29. The molecular formula is C19H24ClN. The average molecular weight is 302 g/mol. The maximum atomic E-state index is 6.46. The lowest BCUT2D eigenvalue weighted by molar-refractivity contribution is 0.308. The van der Waals surface area contributed by atoms with E-state index in [1.54, 1.807) is 0 Å². The fourth-order valence-electron chi connectivity index (χ4n) is 3.29. The lowest BCUT2D eigenvalue weighted by Gasteiger charge is -2.27. The van der Waals surface area contributed by atoms with Crippen molar-refractivity contribution in [1.29, 1.82) is 0 Å². The molecule has 0 amide bonds. The molecule has 1 aliphatic carbocycles. The fraction of sp³-hybridized carbons (Fsp3) is 0.368. The molecule has 3 rings (SSSR count). The summed E-state index contributed by atoms with van der Waals surface area (Å²) >= 11 is 0. The zero-order valence-corrected chi connectivity index (χ0v) is 13.2. The Morgan fingerprint density at radius 2 is 1.33 bits per heavy atom. The zero-order chi connectivity index (χ0) is 13.8. The number of hydrogen-bond donors (Lipinski definition) is 1. The molecule has 21 heavy (non-hydrogen) atoms. The van der Waals surface area contributed by atoms with E-state index in [0.717, 1.165) is 0 Å². The summed E-state index contributed by atoms with van der Waals surface area (Å²) in [6.07, 6.45) is 6.67. The normalized spacial score (nSPS) is 17.0. The number of halogens is 1. The lowest BCUT2D eigenvalue weighted by atomic mass is 9.81. The van der Waals surface area contributed by atoms with Crippen molar-refractivity contribution >= 4 is 12.4 Å². The van der Waals surface area contributed by atoms with Gasteiger partial charge in [-0.1, -0.05) is 73.9 Å². The van der Waals surface area contributed by atoms with Crippen LogP contribution in [0.15, 0.2) is 54.6 Å². The van der Waals surface area contributed by atoms with Crippen molar-refractivity contribution in [3.05, 3.63) is 60.2 Å². The Kier molecular flexibility index (Phi) is 5.84. The first-order valence-corrected chi connectivity index (χ1v) is 7.75. The third kappa shape index (κ3) is 3.87. The zero-order valence-electron chi connectivity index (χ0n) is 12.4. The minimum Gasteiger partial charge on any atom is -0.324 e. The lowest BCUT2D eigenvalue weighted by Crippen LogP contribution is -2.23. The summed E-state index contributed by atoms with van der Waals surface area (Å²) in [5, 5.41) is 0.